The molecule has 0 atom stereocenters. The predicted molar refractivity (Wildman–Crippen MR) is 182 cm³/mol. The summed E-state index contributed by atoms with van der Waals surface area (Å²) >= 11 is 0. The third kappa shape index (κ3) is 8.00. The zero-order valence-corrected chi connectivity index (χ0v) is 27.3. The molecule has 0 saturated heterocycles. The molecule has 0 aliphatic carbocycles. The number of nitrogens with zero attached hydrogens (tertiary/aromatic N) is 3. The van der Waals surface area contributed by atoms with Crippen LogP contribution in [-0.2, 0) is 23.0 Å². The van der Waals surface area contributed by atoms with E-state index in [0.717, 1.165) is 36.3 Å². The van der Waals surface area contributed by atoms with Gasteiger partial charge in [-0.15, -0.1) is 0 Å². The van der Waals surface area contributed by atoms with Gasteiger partial charge in [0, 0.05) is 36.8 Å². The fourth-order valence-corrected chi connectivity index (χ4v) is 5.90. The number of hydrogen-bond acceptors (Lipinski definition) is 8. The van der Waals surface area contributed by atoms with Crippen molar-refractivity contribution in [3.05, 3.63) is 114 Å². The summed E-state index contributed by atoms with van der Waals surface area (Å²) in [5, 5.41) is 7.84. The molecule has 5 aromatic rings. The first-order valence-electron chi connectivity index (χ1n) is 15.4. The second kappa shape index (κ2) is 14.4. The molecule has 0 aliphatic heterocycles. The first kappa shape index (κ1) is 32.4. The lowest BCUT2D eigenvalue weighted by atomic mass is 10.1. The van der Waals surface area contributed by atoms with E-state index >= 15 is 0 Å². The second-order valence-corrected chi connectivity index (χ2v) is 13.3. The molecule has 0 bridgehead atoms. The molecule has 10 heteroatoms. The van der Waals surface area contributed by atoms with Crippen LogP contribution in [0.2, 0.25) is 0 Å². The minimum Gasteiger partial charge on any atom is -0.379 e. The summed E-state index contributed by atoms with van der Waals surface area (Å²) in [7, 11) is -1.93. The van der Waals surface area contributed by atoms with Gasteiger partial charge in [0.05, 0.1) is 16.3 Å². The first-order chi connectivity index (χ1) is 22.1. The molecule has 1 aromatic heterocycles. The number of hydrogen-bond donors (Lipinski definition) is 2. The zero-order valence-electron chi connectivity index (χ0n) is 26.5. The summed E-state index contributed by atoms with van der Waals surface area (Å²) in [6, 6.07) is 28.8. The van der Waals surface area contributed by atoms with Gasteiger partial charge >= 0.3 is 0 Å². The maximum Gasteiger partial charge on any atom is 0.265 e. The van der Waals surface area contributed by atoms with Crippen molar-refractivity contribution in [3.63, 3.8) is 0 Å². The van der Waals surface area contributed by atoms with Crippen LogP contribution in [0.25, 0.3) is 22.8 Å². The molecular weight excluding hydrogens is 598 g/mol. The van der Waals surface area contributed by atoms with Crippen LogP contribution in [0.4, 0.5) is 11.4 Å². The van der Waals surface area contributed by atoms with Gasteiger partial charge in [-0.05, 0) is 78.4 Å². The Morgan fingerprint density at radius 1 is 0.891 bits per heavy atom. The molecular formula is C36H39N5O4S. The van der Waals surface area contributed by atoms with Crippen molar-refractivity contribution in [2.45, 2.75) is 45.1 Å². The number of aromatic nitrogens is 2. The van der Waals surface area contributed by atoms with E-state index in [-0.39, 0.29) is 16.3 Å². The van der Waals surface area contributed by atoms with Gasteiger partial charge in [-0.25, -0.2) is 13.1 Å². The summed E-state index contributed by atoms with van der Waals surface area (Å²) in [6.07, 6.45) is 2.07. The monoisotopic (exact) mass is 637 g/mol. The standard InChI is InChI=1S/C36H39N5O4S/c1-5-26-14-16-27(17-15-26)24-37-32-23-28(18-19-33(32)41(4)21-20-25(2)3)34-38-36(45-39-34)30-11-9-10-29(22-30)35(42)40-46(43,44)31-12-7-6-8-13-31/h6-19,22-23,25,37H,5,20-21,24H2,1-4H3,(H,40,42). The van der Waals surface area contributed by atoms with Crippen LogP contribution in [0.15, 0.2) is 106 Å². The van der Waals surface area contributed by atoms with Crippen LogP contribution in [0, 0.1) is 5.92 Å². The largest absolute Gasteiger partial charge is 0.379 e. The van der Waals surface area contributed by atoms with Crippen molar-refractivity contribution in [2.24, 2.45) is 5.92 Å². The minimum absolute atomic E-state index is 0.00133. The Balaban J connectivity index is 1.37. The number of amides is 1. The maximum atomic E-state index is 12.9. The quantitative estimate of drug-likeness (QED) is 0.139. The van der Waals surface area contributed by atoms with Crippen molar-refractivity contribution in [1.29, 1.82) is 0 Å². The Labute approximate surface area is 270 Å². The van der Waals surface area contributed by atoms with Gasteiger partial charge in [-0.3, -0.25) is 4.79 Å². The van der Waals surface area contributed by atoms with Gasteiger partial charge in [-0.1, -0.05) is 74.5 Å². The smallest absolute Gasteiger partial charge is 0.265 e. The van der Waals surface area contributed by atoms with Gasteiger partial charge in [0.1, 0.15) is 0 Å². The summed E-state index contributed by atoms with van der Waals surface area (Å²) in [5.74, 6) is 0.427. The number of sulfonamides is 1. The summed E-state index contributed by atoms with van der Waals surface area (Å²) in [4.78, 5) is 19.8. The molecule has 0 spiro atoms. The van der Waals surface area contributed by atoms with Crippen LogP contribution in [0.1, 0.15) is 48.7 Å². The fourth-order valence-electron chi connectivity index (χ4n) is 4.90. The fraction of sp³-hybridized carbons (Fsp3) is 0.250. The SMILES string of the molecule is CCc1ccc(CNc2cc(-c3noc(-c4cccc(C(=O)NS(=O)(=O)c5ccccc5)c4)n3)ccc2N(C)CCC(C)C)cc1. The molecule has 238 valence electrons. The van der Waals surface area contributed by atoms with E-state index in [2.05, 4.69) is 83.2 Å². The molecule has 2 N–H and O–H groups in total. The number of carbonyl (C=O) groups excluding carboxylic acids is 1. The van der Waals surface area contributed by atoms with Crippen molar-refractivity contribution in [1.82, 2.24) is 14.9 Å². The van der Waals surface area contributed by atoms with E-state index in [1.54, 1.807) is 30.3 Å². The van der Waals surface area contributed by atoms with Gasteiger partial charge < -0.3 is 14.7 Å². The van der Waals surface area contributed by atoms with Crippen molar-refractivity contribution >= 4 is 27.3 Å². The molecule has 0 fully saturated rings. The summed E-state index contributed by atoms with van der Waals surface area (Å²) < 4.78 is 33.0. The van der Waals surface area contributed by atoms with E-state index in [1.807, 2.05) is 12.1 Å². The van der Waals surface area contributed by atoms with Crippen molar-refractivity contribution < 1.29 is 17.7 Å². The molecule has 0 unspecified atom stereocenters. The van der Waals surface area contributed by atoms with Crippen LogP contribution in [0.5, 0.6) is 0 Å². The van der Waals surface area contributed by atoms with E-state index < -0.39 is 15.9 Å². The lowest BCUT2D eigenvalue weighted by Gasteiger charge is -2.24. The topological polar surface area (TPSA) is 117 Å². The van der Waals surface area contributed by atoms with E-state index in [1.165, 1.54) is 35.4 Å². The number of carbonyl (C=O) groups is 1. The molecule has 1 amide bonds. The van der Waals surface area contributed by atoms with Crippen LogP contribution >= 0.6 is 0 Å². The number of aryl methyl sites for hydroxylation is 1. The van der Waals surface area contributed by atoms with E-state index in [9.17, 15) is 13.2 Å². The number of anilines is 2. The summed E-state index contributed by atoms with van der Waals surface area (Å²) in [5.41, 5.74) is 5.90. The Kier molecular flexibility index (Phi) is 10.2. The Bertz CT molecular complexity index is 1890. The van der Waals surface area contributed by atoms with Crippen LogP contribution < -0.4 is 14.9 Å². The number of rotatable bonds is 13. The lowest BCUT2D eigenvalue weighted by Crippen LogP contribution is -2.30. The molecule has 4 aromatic carbocycles. The Hall–Kier alpha value is -4.96. The van der Waals surface area contributed by atoms with Gasteiger partial charge in [0.15, 0.2) is 0 Å². The molecule has 5 rings (SSSR count). The van der Waals surface area contributed by atoms with Gasteiger partial charge in [0.2, 0.25) is 5.82 Å². The molecule has 1 heterocycles. The average molecular weight is 638 g/mol. The van der Waals surface area contributed by atoms with Crippen LogP contribution in [-0.4, -0.2) is 38.1 Å². The third-order valence-corrected chi connectivity index (χ3v) is 9.05. The predicted octanol–water partition coefficient (Wildman–Crippen LogP) is 7.18. The van der Waals surface area contributed by atoms with Gasteiger partial charge in [-0.2, -0.15) is 4.98 Å². The van der Waals surface area contributed by atoms with Crippen LogP contribution in [0.3, 0.4) is 0 Å². The molecule has 0 aliphatic rings. The van der Waals surface area contributed by atoms with E-state index in [4.69, 9.17) is 4.52 Å². The van der Waals surface area contributed by atoms with E-state index in [0.29, 0.717) is 23.9 Å². The molecule has 0 radical (unpaired) electrons. The van der Waals surface area contributed by atoms with Gasteiger partial charge in [0.25, 0.3) is 21.8 Å². The molecule has 9 nitrogen and oxygen atoms in total. The Morgan fingerprint density at radius 2 is 1.63 bits per heavy atom. The Morgan fingerprint density at radius 3 is 2.35 bits per heavy atom. The highest BCUT2D eigenvalue weighted by molar-refractivity contribution is 7.90. The summed E-state index contributed by atoms with van der Waals surface area (Å²) in [6.45, 7) is 8.16. The van der Waals surface area contributed by atoms with Crippen molar-refractivity contribution in [3.8, 4) is 22.8 Å². The lowest BCUT2D eigenvalue weighted by molar-refractivity contribution is 0.0981. The minimum atomic E-state index is -4.03. The first-order valence-corrected chi connectivity index (χ1v) is 16.8. The normalized spacial score (nSPS) is 11.4. The second-order valence-electron chi connectivity index (χ2n) is 11.6. The number of nitrogens with one attached hydrogen (secondary N) is 2. The molecule has 0 saturated carbocycles. The number of benzene rings is 4. The molecule has 46 heavy (non-hydrogen) atoms. The third-order valence-electron chi connectivity index (χ3n) is 7.70. The van der Waals surface area contributed by atoms with Crippen molar-refractivity contribution in [2.75, 3.05) is 23.8 Å². The highest BCUT2D eigenvalue weighted by Crippen LogP contribution is 2.32. The maximum absolute atomic E-state index is 12.9. The highest BCUT2D eigenvalue weighted by atomic mass is 32.2. The zero-order chi connectivity index (χ0) is 32.7. The average Bonchev–Trinajstić information content (AvgIpc) is 3.57. The highest BCUT2D eigenvalue weighted by Gasteiger charge is 2.20.